The van der Waals surface area contributed by atoms with Crippen molar-refractivity contribution in [2.45, 2.75) is 19.8 Å². The second-order valence-electron chi connectivity index (χ2n) is 1.65. The van der Waals surface area contributed by atoms with E-state index in [1.165, 1.54) is 0 Å². The van der Waals surface area contributed by atoms with Gasteiger partial charge in [0.1, 0.15) is 0 Å². The minimum atomic E-state index is -0.615. The Kier molecular flexibility index (Phi) is 4.81. The number of hydrogen-bond acceptors (Lipinski definition) is 3. The average Bonchev–Trinajstić information content (AvgIpc) is 1.80. The fraction of sp³-hybridized carbons (Fsp3) is 1.00. The molecule has 0 amide bonds. The van der Waals surface area contributed by atoms with Gasteiger partial charge in [-0.15, -0.1) is 0 Å². The molecule has 2 N–H and O–H groups in total. The molecule has 0 saturated carbocycles. The highest BCUT2D eigenvalue weighted by molar-refractivity contribution is 4.34. The normalized spacial score (nSPS) is 9.00. The maximum atomic E-state index is 9.59. The minimum Gasteiger partial charge on any atom is -0.234 e. The van der Waals surface area contributed by atoms with Gasteiger partial charge in [0.25, 0.3) is 0 Å². The van der Waals surface area contributed by atoms with E-state index in [-0.39, 0.29) is 0 Å². The summed E-state index contributed by atoms with van der Waals surface area (Å²) >= 11 is 0. The molecule has 0 heterocycles. The van der Waals surface area contributed by atoms with Gasteiger partial charge in [-0.1, -0.05) is 18.9 Å². The van der Waals surface area contributed by atoms with Crippen LogP contribution in [-0.2, 0) is 0 Å². The molecule has 0 unspecified atom stereocenters. The smallest absolute Gasteiger partial charge is 0.173 e. The van der Waals surface area contributed by atoms with Gasteiger partial charge in [0, 0.05) is 6.54 Å². The van der Waals surface area contributed by atoms with Crippen LogP contribution >= 0.6 is 0 Å². The summed E-state index contributed by atoms with van der Waals surface area (Å²) in [5.41, 5.74) is 4.29. The summed E-state index contributed by atoms with van der Waals surface area (Å²) in [6.45, 7) is 2.66. The van der Waals surface area contributed by atoms with Gasteiger partial charge in [-0.25, -0.2) is 10.1 Å². The summed E-state index contributed by atoms with van der Waals surface area (Å²) in [5.74, 6) is 0. The maximum absolute atomic E-state index is 9.59. The first kappa shape index (κ1) is 8.16. The van der Waals surface area contributed by atoms with Crippen molar-refractivity contribution in [3.8, 4) is 0 Å². The highest BCUT2D eigenvalue weighted by Gasteiger charge is 1.88. The lowest BCUT2D eigenvalue weighted by atomic mass is 10.3. The molecule has 0 aliphatic heterocycles. The zero-order valence-corrected chi connectivity index (χ0v) is 5.39. The molecule has 54 valence electrons. The zero-order valence-electron chi connectivity index (χ0n) is 5.39. The van der Waals surface area contributed by atoms with E-state index in [1.54, 1.807) is 0 Å². The first-order chi connectivity index (χ1) is 4.27. The summed E-state index contributed by atoms with van der Waals surface area (Å²) < 4.78 is 0. The molecule has 0 saturated heterocycles. The van der Waals surface area contributed by atoms with Crippen LogP contribution in [0, 0.1) is 10.1 Å². The third kappa shape index (κ3) is 7.16. The summed E-state index contributed by atoms with van der Waals surface area (Å²) in [7, 11) is 0. The second-order valence-corrected chi connectivity index (χ2v) is 1.65. The lowest BCUT2D eigenvalue weighted by molar-refractivity contribution is -0.555. The number of unbranched alkanes of at least 4 members (excludes halogenated alkanes) is 1. The van der Waals surface area contributed by atoms with Crippen molar-refractivity contribution in [2.75, 3.05) is 6.54 Å². The van der Waals surface area contributed by atoms with Crippen molar-refractivity contribution < 1.29 is 5.03 Å². The molecule has 0 atom stereocenters. The van der Waals surface area contributed by atoms with Gasteiger partial charge in [-0.3, -0.25) is 0 Å². The molecule has 5 heteroatoms. The van der Waals surface area contributed by atoms with Crippen LogP contribution in [-0.4, -0.2) is 11.6 Å². The number of hydrogen-bond donors (Lipinski definition) is 2. The van der Waals surface area contributed by atoms with Crippen LogP contribution in [0.3, 0.4) is 0 Å². The first-order valence-corrected chi connectivity index (χ1v) is 2.90. The quantitative estimate of drug-likeness (QED) is 0.316. The lowest BCUT2D eigenvalue weighted by Crippen LogP contribution is -2.37. The van der Waals surface area contributed by atoms with Crippen molar-refractivity contribution in [2.24, 2.45) is 0 Å². The molecular formula is C4H11N3O2. The van der Waals surface area contributed by atoms with Crippen molar-refractivity contribution in [3.05, 3.63) is 10.1 Å². The van der Waals surface area contributed by atoms with Crippen molar-refractivity contribution >= 4 is 0 Å². The Labute approximate surface area is 53.5 Å². The molecule has 0 radical (unpaired) electrons. The Bertz CT molecular complexity index is 85.9. The average molecular weight is 133 g/mol. The zero-order chi connectivity index (χ0) is 7.11. The highest BCUT2D eigenvalue weighted by atomic mass is 16.7. The van der Waals surface area contributed by atoms with Gasteiger partial charge in [-0.05, 0) is 6.42 Å². The number of nitrogens with one attached hydrogen (secondary N) is 2. The molecule has 0 rings (SSSR count). The molecular weight excluding hydrogens is 122 g/mol. The predicted octanol–water partition coefficient (Wildman–Crippen LogP) is 0.0724. The highest BCUT2D eigenvalue weighted by Crippen LogP contribution is 1.79. The van der Waals surface area contributed by atoms with E-state index in [2.05, 4.69) is 5.43 Å². The van der Waals surface area contributed by atoms with E-state index < -0.39 is 5.03 Å². The van der Waals surface area contributed by atoms with E-state index >= 15 is 0 Å². The first-order valence-electron chi connectivity index (χ1n) is 2.90. The predicted molar refractivity (Wildman–Crippen MR) is 33.0 cm³/mol. The number of rotatable bonds is 5. The molecule has 9 heavy (non-hydrogen) atoms. The molecule has 0 aliphatic rings. The third-order valence-electron chi connectivity index (χ3n) is 0.826. The molecule has 0 aliphatic carbocycles. The maximum Gasteiger partial charge on any atom is 0.173 e. The van der Waals surface area contributed by atoms with Gasteiger partial charge in [-0.2, -0.15) is 5.43 Å². The van der Waals surface area contributed by atoms with Gasteiger partial charge in [0.05, 0.1) is 0 Å². The van der Waals surface area contributed by atoms with E-state index in [1.807, 2.05) is 12.5 Å². The summed E-state index contributed by atoms with van der Waals surface area (Å²) in [6, 6.07) is 0. The summed E-state index contributed by atoms with van der Waals surface area (Å²) in [5, 5.41) is 8.98. The van der Waals surface area contributed by atoms with Crippen molar-refractivity contribution in [3.63, 3.8) is 0 Å². The van der Waals surface area contributed by atoms with Crippen molar-refractivity contribution in [1.29, 1.82) is 0 Å². The van der Waals surface area contributed by atoms with Gasteiger partial charge < -0.3 is 0 Å². The SMILES string of the molecule is CCCCNN[N+](=O)[O-]. The fourth-order valence-corrected chi connectivity index (χ4v) is 0.386. The van der Waals surface area contributed by atoms with Crippen LogP contribution in [0.4, 0.5) is 0 Å². The van der Waals surface area contributed by atoms with Gasteiger partial charge in [0.15, 0.2) is 5.03 Å². The van der Waals surface area contributed by atoms with Crippen LogP contribution in [0.2, 0.25) is 0 Å². The monoisotopic (exact) mass is 133 g/mol. The van der Waals surface area contributed by atoms with E-state index in [0.717, 1.165) is 12.8 Å². The topological polar surface area (TPSA) is 67.2 Å². The van der Waals surface area contributed by atoms with Crippen molar-refractivity contribution in [1.82, 2.24) is 11.0 Å². The number of nitro groups is 1. The van der Waals surface area contributed by atoms with Crippen LogP contribution in [0.1, 0.15) is 19.8 Å². The molecule has 0 aromatic rings. The Morgan fingerprint density at radius 2 is 2.33 bits per heavy atom. The molecule has 0 aromatic heterocycles. The standard InChI is InChI=1S/C4H11N3O2/c1-2-3-4-5-6-7(8)9/h5-6H,2-4H2,1H3. The molecule has 0 bridgehead atoms. The number of nitrogens with zero attached hydrogens (tertiary/aromatic N) is 1. The largest absolute Gasteiger partial charge is 0.234 e. The van der Waals surface area contributed by atoms with E-state index in [9.17, 15) is 10.1 Å². The van der Waals surface area contributed by atoms with Crippen LogP contribution in [0.5, 0.6) is 0 Å². The number of hydrazine groups is 2. The Hall–Kier alpha value is -0.840. The molecule has 0 aromatic carbocycles. The Morgan fingerprint density at radius 1 is 1.67 bits per heavy atom. The van der Waals surface area contributed by atoms with Gasteiger partial charge >= 0.3 is 0 Å². The minimum absolute atomic E-state index is 0.615. The lowest BCUT2D eigenvalue weighted by Gasteiger charge is -1.96. The fourth-order valence-electron chi connectivity index (χ4n) is 0.386. The Morgan fingerprint density at radius 3 is 2.78 bits per heavy atom. The van der Waals surface area contributed by atoms with E-state index in [4.69, 9.17) is 0 Å². The summed E-state index contributed by atoms with van der Waals surface area (Å²) in [6.07, 6.45) is 1.98. The molecule has 0 fully saturated rings. The van der Waals surface area contributed by atoms with E-state index in [0.29, 0.717) is 6.54 Å². The molecule has 5 nitrogen and oxygen atoms in total. The van der Waals surface area contributed by atoms with Gasteiger partial charge in [0.2, 0.25) is 0 Å². The van der Waals surface area contributed by atoms with Crippen LogP contribution in [0.25, 0.3) is 0 Å². The Balaban J connectivity index is 2.83. The third-order valence-corrected chi connectivity index (χ3v) is 0.826. The second kappa shape index (κ2) is 5.30. The van der Waals surface area contributed by atoms with Crippen LogP contribution < -0.4 is 11.0 Å². The van der Waals surface area contributed by atoms with Crippen LogP contribution in [0.15, 0.2) is 0 Å². The summed E-state index contributed by atoms with van der Waals surface area (Å²) in [4.78, 5) is 9.59. The molecule has 0 spiro atoms.